The Morgan fingerprint density at radius 2 is 2.10 bits per heavy atom. The van der Waals surface area contributed by atoms with Crippen LogP contribution in [0, 0.1) is 5.92 Å². The quantitative estimate of drug-likeness (QED) is 0.931. The summed E-state index contributed by atoms with van der Waals surface area (Å²) in [5, 5.41) is 10.8. The van der Waals surface area contributed by atoms with Crippen molar-refractivity contribution in [3.05, 3.63) is 42.1 Å². The Bertz CT molecular complexity index is 584. The van der Waals surface area contributed by atoms with Crippen molar-refractivity contribution in [2.45, 2.75) is 32.4 Å². The van der Waals surface area contributed by atoms with Gasteiger partial charge in [0, 0.05) is 18.0 Å². The van der Waals surface area contributed by atoms with Crippen LogP contribution >= 0.6 is 0 Å². The molecule has 3 nitrogen and oxygen atoms in total. The molecule has 1 fully saturated rings. The highest BCUT2D eigenvalue weighted by Crippen LogP contribution is 2.24. The number of aliphatic hydroxyl groups is 1. The maximum atomic E-state index is 9.62. The highest BCUT2D eigenvalue weighted by Gasteiger charge is 2.27. The first-order valence-electron chi connectivity index (χ1n) is 7.47. The number of hydrogen-bond donors (Lipinski definition) is 1. The van der Waals surface area contributed by atoms with Crippen LogP contribution in [0.4, 0.5) is 0 Å². The molecule has 2 atom stereocenters. The first-order valence-corrected chi connectivity index (χ1v) is 7.47. The van der Waals surface area contributed by atoms with E-state index in [4.69, 9.17) is 4.98 Å². The molecule has 1 aromatic carbocycles. The second-order valence-electron chi connectivity index (χ2n) is 5.84. The molecule has 0 saturated carbocycles. The van der Waals surface area contributed by atoms with E-state index in [1.54, 1.807) is 0 Å². The molecule has 1 saturated heterocycles. The molecule has 1 aromatic heterocycles. The van der Waals surface area contributed by atoms with Crippen LogP contribution in [-0.2, 0) is 6.54 Å². The number of pyridine rings is 1. The SMILES string of the molecule is CC1CCCN(Cc2ccc3ccccc3n2)C1CO. The van der Waals surface area contributed by atoms with E-state index in [-0.39, 0.29) is 12.6 Å². The minimum atomic E-state index is 0.245. The summed E-state index contributed by atoms with van der Waals surface area (Å²) in [6.07, 6.45) is 2.43. The number of rotatable bonds is 3. The van der Waals surface area contributed by atoms with E-state index in [1.165, 1.54) is 18.2 Å². The lowest BCUT2D eigenvalue weighted by molar-refractivity contribution is 0.0464. The summed E-state index contributed by atoms with van der Waals surface area (Å²) in [7, 11) is 0. The molecule has 106 valence electrons. The monoisotopic (exact) mass is 270 g/mol. The maximum Gasteiger partial charge on any atom is 0.0705 e. The number of aliphatic hydroxyl groups excluding tert-OH is 1. The average Bonchev–Trinajstić information content (AvgIpc) is 2.47. The van der Waals surface area contributed by atoms with Gasteiger partial charge in [0.2, 0.25) is 0 Å². The summed E-state index contributed by atoms with van der Waals surface area (Å²) in [4.78, 5) is 7.12. The van der Waals surface area contributed by atoms with Crippen LogP contribution in [0.15, 0.2) is 36.4 Å². The lowest BCUT2D eigenvalue weighted by Crippen LogP contribution is -2.46. The molecule has 2 unspecified atom stereocenters. The molecule has 3 heteroatoms. The highest BCUT2D eigenvalue weighted by atomic mass is 16.3. The van der Waals surface area contributed by atoms with E-state index in [2.05, 4.69) is 36.1 Å². The number of para-hydroxylation sites is 1. The van der Waals surface area contributed by atoms with Crippen molar-refractivity contribution in [1.82, 2.24) is 9.88 Å². The van der Waals surface area contributed by atoms with Crippen LogP contribution in [0.5, 0.6) is 0 Å². The van der Waals surface area contributed by atoms with Crippen molar-refractivity contribution in [3.63, 3.8) is 0 Å². The van der Waals surface area contributed by atoms with Gasteiger partial charge in [-0.3, -0.25) is 9.88 Å². The number of nitrogens with zero attached hydrogens (tertiary/aromatic N) is 2. The van der Waals surface area contributed by atoms with Gasteiger partial charge >= 0.3 is 0 Å². The summed E-state index contributed by atoms with van der Waals surface area (Å²) >= 11 is 0. The number of likely N-dealkylation sites (tertiary alicyclic amines) is 1. The van der Waals surface area contributed by atoms with E-state index >= 15 is 0 Å². The van der Waals surface area contributed by atoms with Gasteiger partial charge < -0.3 is 5.11 Å². The van der Waals surface area contributed by atoms with Crippen LogP contribution in [0.25, 0.3) is 10.9 Å². The summed E-state index contributed by atoms with van der Waals surface area (Å²) in [5.74, 6) is 0.564. The molecule has 0 radical (unpaired) electrons. The zero-order valence-corrected chi connectivity index (χ0v) is 12.0. The number of piperidine rings is 1. The van der Waals surface area contributed by atoms with Crippen molar-refractivity contribution in [3.8, 4) is 0 Å². The van der Waals surface area contributed by atoms with E-state index in [0.717, 1.165) is 24.3 Å². The second-order valence-corrected chi connectivity index (χ2v) is 5.84. The Kier molecular flexibility index (Phi) is 3.99. The normalized spacial score (nSPS) is 24.1. The minimum absolute atomic E-state index is 0.245. The lowest BCUT2D eigenvalue weighted by Gasteiger charge is -2.38. The fourth-order valence-electron chi connectivity index (χ4n) is 3.23. The molecule has 0 amide bonds. The molecule has 0 bridgehead atoms. The number of benzene rings is 1. The Hall–Kier alpha value is -1.45. The predicted octanol–water partition coefficient (Wildman–Crippen LogP) is 2.83. The largest absolute Gasteiger partial charge is 0.395 e. The second kappa shape index (κ2) is 5.90. The molecule has 3 rings (SSSR count). The van der Waals surface area contributed by atoms with Crippen molar-refractivity contribution in [1.29, 1.82) is 0 Å². The van der Waals surface area contributed by atoms with E-state index in [0.29, 0.717) is 5.92 Å². The van der Waals surface area contributed by atoms with Crippen molar-refractivity contribution < 1.29 is 5.11 Å². The van der Waals surface area contributed by atoms with Gasteiger partial charge in [-0.2, -0.15) is 0 Å². The van der Waals surface area contributed by atoms with Crippen molar-refractivity contribution in [2.75, 3.05) is 13.2 Å². The van der Waals surface area contributed by atoms with Gasteiger partial charge in [0.1, 0.15) is 0 Å². The third-order valence-corrected chi connectivity index (χ3v) is 4.44. The predicted molar refractivity (Wildman–Crippen MR) is 81.4 cm³/mol. The number of hydrogen-bond acceptors (Lipinski definition) is 3. The first-order chi connectivity index (χ1) is 9.78. The van der Waals surface area contributed by atoms with Crippen LogP contribution in [0.1, 0.15) is 25.5 Å². The molecular formula is C17H22N2O. The van der Waals surface area contributed by atoms with Crippen LogP contribution in [0.2, 0.25) is 0 Å². The summed E-state index contributed by atoms with van der Waals surface area (Å²) in [6.45, 7) is 4.38. The Morgan fingerprint density at radius 3 is 2.95 bits per heavy atom. The molecule has 1 aliphatic heterocycles. The molecule has 0 spiro atoms. The molecule has 1 aliphatic rings. The zero-order chi connectivity index (χ0) is 13.9. The molecular weight excluding hydrogens is 248 g/mol. The smallest absolute Gasteiger partial charge is 0.0705 e. The first kappa shape index (κ1) is 13.5. The minimum Gasteiger partial charge on any atom is -0.395 e. The van der Waals surface area contributed by atoms with Gasteiger partial charge in [-0.15, -0.1) is 0 Å². The number of fused-ring (bicyclic) bond motifs is 1. The van der Waals surface area contributed by atoms with Crippen LogP contribution in [-0.4, -0.2) is 34.2 Å². The summed E-state index contributed by atoms with van der Waals surface area (Å²) in [5.41, 5.74) is 2.15. The van der Waals surface area contributed by atoms with Crippen molar-refractivity contribution >= 4 is 10.9 Å². The number of aromatic nitrogens is 1. The van der Waals surface area contributed by atoms with Gasteiger partial charge in [0.05, 0.1) is 17.8 Å². The van der Waals surface area contributed by atoms with Gasteiger partial charge in [0.25, 0.3) is 0 Å². The summed E-state index contributed by atoms with van der Waals surface area (Å²) < 4.78 is 0. The lowest BCUT2D eigenvalue weighted by atomic mass is 9.91. The average molecular weight is 270 g/mol. The molecule has 20 heavy (non-hydrogen) atoms. The Labute approximate surface area is 120 Å². The Morgan fingerprint density at radius 1 is 1.25 bits per heavy atom. The van der Waals surface area contributed by atoms with E-state index in [1.807, 2.05) is 12.1 Å². The standard InChI is InChI=1S/C17H22N2O/c1-13-5-4-10-19(17(13)12-20)11-15-9-8-14-6-2-3-7-16(14)18-15/h2-3,6-9,13,17,20H,4-5,10-12H2,1H3. The highest BCUT2D eigenvalue weighted by molar-refractivity contribution is 5.78. The molecule has 2 heterocycles. The Balaban J connectivity index is 1.81. The maximum absolute atomic E-state index is 9.62. The fourth-order valence-corrected chi connectivity index (χ4v) is 3.23. The molecule has 2 aromatic rings. The third-order valence-electron chi connectivity index (χ3n) is 4.44. The topological polar surface area (TPSA) is 36.4 Å². The zero-order valence-electron chi connectivity index (χ0n) is 12.0. The van der Waals surface area contributed by atoms with Crippen LogP contribution < -0.4 is 0 Å². The van der Waals surface area contributed by atoms with Gasteiger partial charge in [-0.05, 0) is 37.4 Å². The third kappa shape index (κ3) is 2.69. The fraction of sp³-hybridized carbons (Fsp3) is 0.471. The van der Waals surface area contributed by atoms with Gasteiger partial charge in [-0.1, -0.05) is 31.2 Å². The molecule has 1 N–H and O–H groups in total. The molecule has 0 aliphatic carbocycles. The van der Waals surface area contributed by atoms with Crippen molar-refractivity contribution in [2.24, 2.45) is 5.92 Å². The van der Waals surface area contributed by atoms with Gasteiger partial charge in [-0.25, -0.2) is 0 Å². The van der Waals surface area contributed by atoms with E-state index < -0.39 is 0 Å². The summed E-state index contributed by atoms with van der Waals surface area (Å²) in [6, 6.07) is 12.7. The van der Waals surface area contributed by atoms with E-state index in [9.17, 15) is 5.11 Å². The van der Waals surface area contributed by atoms with Crippen LogP contribution in [0.3, 0.4) is 0 Å². The van der Waals surface area contributed by atoms with Gasteiger partial charge in [0.15, 0.2) is 0 Å².